The lowest BCUT2D eigenvalue weighted by Crippen LogP contribution is -2.43. The lowest BCUT2D eigenvalue weighted by molar-refractivity contribution is 0.0780. The van der Waals surface area contributed by atoms with Gasteiger partial charge in [0.25, 0.3) is 0 Å². The van der Waals surface area contributed by atoms with Crippen LogP contribution in [0.1, 0.15) is 31.0 Å². The molecule has 2 nitrogen and oxygen atoms in total. The molecular weight excluding hydrogens is 234 g/mol. The molecule has 0 radical (unpaired) electrons. The van der Waals surface area contributed by atoms with E-state index in [9.17, 15) is 0 Å². The Morgan fingerprint density at radius 3 is 2.53 bits per heavy atom. The fourth-order valence-electron chi connectivity index (χ4n) is 2.64. The monoisotopic (exact) mass is 253 g/mol. The van der Waals surface area contributed by atoms with Gasteiger partial charge in [0.2, 0.25) is 0 Å². The number of nitrogens with one attached hydrogen (secondary N) is 1. The second kappa shape index (κ2) is 4.30. The van der Waals surface area contributed by atoms with Gasteiger partial charge >= 0.3 is 0 Å². The lowest BCUT2D eigenvalue weighted by Gasteiger charge is -2.41. The van der Waals surface area contributed by atoms with Crippen molar-refractivity contribution in [3.63, 3.8) is 0 Å². The van der Waals surface area contributed by atoms with Gasteiger partial charge in [0.05, 0.1) is 11.7 Å². The van der Waals surface area contributed by atoms with E-state index in [1.54, 1.807) is 0 Å². The molecule has 1 aliphatic heterocycles. The molecule has 0 aromatic heterocycles. The molecule has 1 atom stereocenters. The summed E-state index contributed by atoms with van der Waals surface area (Å²) in [6.07, 6.45) is 0. The van der Waals surface area contributed by atoms with Crippen LogP contribution in [-0.2, 0) is 0 Å². The van der Waals surface area contributed by atoms with Crippen molar-refractivity contribution in [3.05, 3.63) is 59.7 Å². The predicted molar refractivity (Wildman–Crippen MR) is 78.7 cm³/mol. The maximum Gasteiger partial charge on any atom is 0.143 e. The first-order chi connectivity index (χ1) is 9.06. The van der Waals surface area contributed by atoms with Crippen molar-refractivity contribution in [1.29, 1.82) is 0 Å². The molecule has 1 N–H and O–H groups in total. The van der Waals surface area contributed by atoms with Crippen LogP contribution in [0.15, 0.2) is 48.5 Å². The molecule has 0 spiro atoms. The fraction of sp³-hybridized carbons (Fsp3) is 0.294. The highest BCUT2D eigenvalue weighted by Gasteiger charge is 2.37. The SMILES string of the molecule is Cc1ccc2c(c1)OC(C)(C)C(c1ccccc1)N2. The highest BCUT2D eigenvalue weighted by molar-refractivity contribution is 5.61. The molecule has 0 saturated carbocycles. The molecule has 0 saturated heterocycles. The summed E-state index contributed by atoms with van der Waals surface area (Å²) < 4.78 is 6.20. The summed E-state index contributed by atoms with van der Waals surface area (Å²) in [4.78, 5) is 0. The zero-order valence-electron chi connectivity index (χ0n) is 11.6. The van der Waals surface area contributed by atoms with Crippen molar-refractivity contribution in [2.45, 2.75) is 32.4 Å². The number of hydrogen-bond donors (Lipinski definition) is 1. The first kappa shape index (κ1) is 12.1. The summed E-state index contributed by atoms with van der Waals surface area (Å²) in [7, 11) is 0. The van der Waals surface area contributed by atoms with Crippen molar-refractivity contribution in [1.82, 2.24) is 0 Å². The van der Waals surface area contributed by atoms with E-state index >= 15 is 0 Å². The number of hydrogen-bond acceptors (Lipinski definition) is 2. The van der Waals surface area contributed by atoms with E-state index in [-0.39, 0.29) is 11.6 Å². The summed E-state index contributed by atoms with van der Waals surface area (Å²) in [6, 6.07) is 16.9. The van der Waals surface area contributed by atoms with Crippen molar-refractivity contribution >= 4 is 5.69 Å². The average molecular weight is 253 g/mol. The first-order valence-corrected chi connectivity index (χ1v) is 6.67. The molecule has 2 aromatic rings. The Kier molecular flexibility index (Phi) is 2.74. The smallest absolute Gasteiger partial charge is 0.143 e. The van der Waals surface area contributed by atoms with E-state index in [4.69, 9.17) is 4.74 Å². The molecule has 0 bridgehead atoms. The molecule has 1 aliphatic rings. The molecule has 0 fully saturated rings. The lowest BCUT2D eigenvalue weighted by atomic mass is 9.89. The number of ether oxygens (including phenoxy) is 1. The van der Waals surface area contributed by atoms with Gasteiger partial charge in [0, 0.05) is 0 Å². The number of benzene rings is 2. The topological polar surface area (TPSA) is 21.3 Å². The first-order valence-electron chi connectivity index (χ1n) is 6.67. The molecule has 2 heteroatoms. The van der Waals surface area contributed by atoms with Gasteiger partial charge in [-0.25, -0.2) is 0 Å². The highest BCUT2D eigenvalue weighted by atomic mass is 16.5. The van der Waals surface area contributed by atoms with Crippen molar-refractivity contribution in [3.8, 4) is 5.75 Å². The molecule has 1 heterocycles. The maximum atomic E-state index is 6.20. The summed E-state index contributed by atoms with van der Waals surface area (Å²) in [6.45, 7) is 6.34. The van der Waals surface area contributed by atoms with Crippen LogP contribution in [-0.4, -0.2) is 5.60 Å². The van der Waals surface area contributed by atoms with Gasteiger partial charge in [-0.3, -0.25) is 0 Å². The van der Waals surface area contributed by atoms with Crippen LogP contribution in [0.3, 0.4) is 0 Å². The van der Waals surface area contributed by atoms with Crippen LogP contribution >= 0.6 is 0 Å². The van der Waals surface area contributed by atoms with Gasteiger partial charge in [-0.15, -0.1) is 0 Å². The molecule has 19 heavy (non-hydrogen) atoms. The molecule has 0 amide bonds. The van der Waals surface area contributed by atoms with Crippen molar-refractivity contribution in [2.24, 2.45) is 0 Å². The predicted octanol–water partition coefficient (Wildman–Crippen LogP) is 4.32. The Morgan fingerprint density at radius 2 is 1.79 bits per heavy atom. The Bertz CT molecular complexity index is 589. The summed E-state index contributed by atoms with van der Waals surface area (Å²) in [5, 5.41) is 3.61. The van der Waals surface area contributed by atoms with Crippen molar-refractivity contribution < 1.29 is 4.74 Å². The quantitative estimate of drug-likeness (QED) is 0.817. The highest BCUT2D eigenvalue weighted by Crippen LogP contribution is 2.42. The minimum Gasteiger partial charge on any atom is -0.483 e. The molecule has 98 valence electrons. The van der Waals surface area contributed by atoms with Gasteiger partial charge < -0.3 is 10.1 Å². The van der Waals surface area contributed by atoms with Gasteiger partial charge in [0.15, 0.2) is 0 Å². The second-order valence-corrected chi connectivity index (χ2v) is 5.69. The summed E-state index contributed by atoms with van der Waals surface area (Å²) in [5.74, 6) is 0.942. The minimum atomic E-state index is -0.276. The third-order valence-electron chi connectivity index (χ3n) is 3.64. The third kappa shape index (κ3) is 2.19. The molecular formula is C17H19NO. The number of aryl methyl sites for hydroxylation is 1. The normalized spacial score (nSPS) is 20.1. The fourth-order valence-corrected chi connectivity index (χ4v) is 2.64. The standard InChI is InChI=1S/C17H19NO/c1-12-9-10-14-15(11-12)19-17(2,3)16(18-14)13-7-5-4-6-8-13/h4-11,16,18H,1-3H3. The largest absolute Gasteiger partial charge is 0.483 e. The van der Waals surface area contributed by atoms with Gasteiger partial charge in [-0.2, -0.15) is 0 Å². The van der Waals surface area contributed by atoms with Gasteiger partial charge in [-0.1, -0.05) is 36.4 Å². The van der Waals surface area contributed by atoms with Crippen molar-refractivity contribution in [2.75, 3.05) is 5.32 Å². The van der Waals surface area contributed by atoms with Crippen LogP contribution < -0.4 is 10.1 Å². The zero-order valence-corrected chi connectivity index (χ0v) is 11.6. The maximum absolute atomic E-state index is 6.20. The summed E-state index contributed by atoms with van der Waals surface area (Å²) >= 11 is 0. The van der Waals surface area contributed by atoms with Crippen LogP contribution in [0.25, 0.3) is 0 Å². The number of anilines is 1. The minimum absolute atomic E-state index is 0.156. The van der Waals surface area contributed by atoms with Crippen LogP contribution in [0.5, 0.6) is 5.75 Å². The number of rotatable bonds is 1. The molecule has 2 aromatic carbocycles. The van der Waals surface area contributed by atoms with Gasteiger partial charge in [0.1, 0.15) is 11.4 Å². The third-order valence-corrected chi connectivity index (χ3v) is 3.64. The van der Waals surface area contributed by atoms with E-state index in [1.165, 1.54) is 11.1 Å². The van der Waals surface area contributed by atoms with Crippen LogP contribution in [0.4, 0.5) is 5.69 Å². The van der Waals surface area contributed by atoms with E-state index < -0.39 is 0 Å². The van der Waals surface area contributed by atoms with Crippen LogP contribution in [0, 0.1) is 6.92 Å². The Morgan fingerprint density at radius 1 is 1.05 bits per heavy atom. The Balaban J connectivity index is 2.02. The van der Waals surface area contributed by atoms with Crippen LogP contribution in [0.2, 0.25) is 0 Å². The second-order valence-electron chi connectivity index (χ2n) is 5.69. The molecule has 1 unspecified atom stereocenters. The Hall–Kier alpha value is -1.96. The van der Waals surface area contributed by atoms with E-state index in [2.05, 4.69) is 68.6 Å². The van der Waals surface area contributed by atoms with Gasteiger partial charge in [-0.05, 0) is 44.0 Å². The van der Waals surface area contributed by atoms with E-state index in [0.717, 1.165) is 11.4 Å². The zero-order chi connectivity index (χ0) is 13.5. The molecule has 0 aliphatic carbocycles. The van der Waals surface area contributed by atoms with E-state index in [0.29, 0.717) is 0 Å². The summed E-state index contributed by atoms with van der Waals surface area (Å²) in [5.41, 5.74) is 3.26. The van der Waals surface area contributed by atoms with E-state index in [1.807, 2.05) is 6.07 Å². The average Bonchev–Trinajstić information content (AvgIpc) is 2.38. The molecule has 3 rings (SSSR count). The number of fused-ring (bicyclic) bond motifs is 1. The Labute approximate surface area is 114 Å².